The van der Waals surface area contributed by atoms with Crippen molar-refractivity contribution < 1.29 is 47.7 Å². The van der Waals surface area contributed by atoms with E-state index in [0.717, 1.165) is 11.1 Å². The van der Waals surface area contributed by atoms with Crippen LogP contribution in [-0.2, 0) is 51.0 Å². The highest BCUT2D eigenvalue weighted by Crippen LogP contribution is 2.24. The zero-order valence-corrected chi connectivity index (χ0v) is 30.1. The fourth-order valence-corrected chi connectivity index (χ4v) is 4.01. The number of amides is 2. The van der Waals surface area contributed by atoms with E-state index in [4.69, 9.17) is 18.9 Å². The molecule has 2 aromatic rings. The molecule has 2 N–H and O–H groups in total. The number of benzene rings is 2. The highest BCUT2D eigenvalue weighted by molar-refractivity contribution is 5.91. The van der Waals surface area contributed by atoms with Crippen LogP contribution in [0.2, 0.25) is 0 Å². The molecule has 0 aliphatic carbocycles. The van der Waals surface area contributed by atoms with Crippen LogP contribution in [0.4, 0.5) is 21.0 Å². The van der Waals surface area contributed by atoms with E-state index in [2.05, 4.69) is 10.6 Å². The molecule has 0 atom stereocenters. The number of aryl methyl sites for hydroxylation is 2. The molecule has 0 aliphatic heterocycles. The normalized spacial score (nSPS) is 11.4. The molecule has 0 heterocycles. The van der Waals surface area contributed by atoms with E-state index in [1.807, 2.05) is 20.8 Å². The highest BCUT2D eigenvalue weighted by atomic mass is 16.6. The number of nitrogens with one attached hydrogen (secondary N) is 2. The predicted molar refractivity (Wildman–Crippen MR) is 184 cm³/mol. The Bertz CT molecular complexity index is 1420. The molecular formula is C37H50N2O10. The van der Waals surface area contributed by atoms with Gasteiger partial charge in [0.2, 0.25) is 0 Å². The van der Waals surface area contributed by atoms with Crippen LogP contribution >= 0.6 is 0 Å². The van der Waals surface area contributed by atoms with Crippen molar-refractivity contribution in [3.8, 4) is 0 Å². The summed E-state index contributed by atoms with van der Waals surface area (Å²) in [5.41, 5.74) is 1.98. The molecule has 2 aromatic carbocycles. The van der Waals surface area contributed by atoms with Crippen LogP contribution in [0.25, 0.3) is 0 Å². The summed E-state index contributed by atoms with van der Waals surface area (Å²) in [5, 5.41) is 5.25. The minimum Gasteiger partial charge on any atom is -0.449 e. The zero-order valence-electron chi connectivity index (χ0n) is 30.1. The molecule has 0 saturated carbocycles. The third kappa shape index (κ3) is 13.0. The van der Waals surface area contributed by atoms with Gasteiger partial charge in [0.25, 0.3) is 0 Å². The van der Waals surface area contributed by atoms with Crippen molar-refractivity contribution in [1.29, 1.82) is 0 Å². The summed E-state index contributed by atoms with van der Waals surface area (Å²) in [4.78, 5) is 74.4. The number of carbonyl (C=O) groups is 6. The first-order valence-corrected chi connectivity index (χ1v) is 16.5. The number of anilines is 2. The average molecular weight is 683 g/mol. The maximum atomic E-state index is 12.5. The molecule has 0 aliphatic rings. The summed E-state index contributed by atoms with van der Waals surface area (Å²) in [5.74, 6) is -2.84. The van der Waals surface area contributed by atoms with Crippen LogP contribution in [-0.4, -0.2) is 49.3 Å². The van der Waals surface area contributed by atoms with Crippen molar-refractivity contribution in [1.82, 2.24) is 0 Å². The number of hydrogen-bond acceptors (Lipinski definition) is 10. The maximum absolute atomic E-state index is 12.5. The molecule has 12 heteroatoms. The maximum Gasteiger partial charge on any atom is 0.411 e. The Balaban J connectivity index is 1.87. The smallest absolute Gasteiger partial charge is 0.411 e. The Morgan fingerprint density at radius 2 is 1.00 bits per heavy atom. The third-order valence-electron chi connectivity index (χ3n) is 8.62. The van der Waals surface area contributed by atoms with E-state index in [0.29, 0.717) is 41.8 Å². The van der Waals surface area contributed by atoms with E-state index in [1.54, 1.807) is 77.9 Å². The summed E-state index contributed by atoms with van der Waals surface area (Å²) < 4.78 is 20.8. The lowest BCUT2D eigenvalue weighted by Gasteiger charge is -2.19. The first kappa shape index (κ1) is 40.4. The van der Waals surface area contributed by atoms with E-state index in [1.165, 1.54) is 0 Å². The molecule has 2 rings (SSSR count). The van der Waals surface area contributed by atoms with Crippen LogP contribution in [0, 0.1) is 30.6 Å². The number of carbonyl (C=O) groups excluding carboxylic acids is 6. The van der Waals surface area contributed by atoms with Crippen molar-refractivity contribution in [2.75, 3.05) is 23.8 Å². The average Bonchev–Trinajstić information content (AvgIpc) is 3.04. The van der Waals surface area contributed by atoms with Gasteiger partial charge in [-0.05, 0) is 107 Å². The van der Waals surface area contributed by atoms with Crippen molar-refractivity contribution in [2.45, 2.75) is 94.4 Å². The summed E-state index contributed by atoms with van der Waals surface area (Å²) >= 11 is 0. The molecule has 0 unspecified atom stereocenters. The predicted octanol–water partition coefficient (Wildman–Crippen LogP) is 7.22. The van der Waals surface area contributed by atoms with Crippen molar-refractivity contribution in [2.24, 2.45) is 16.7 Å². The summed E-state index contributed by atoms with van der Waals surface area (Å²) in [7, 11) is 0. The lowest BCUT2D eigenvalue weighted by Crippen LogP contribution is -2.28. The standard InChI is InChI=1S/C37H50N2O10/c1-10-25(21-46-34(44)38-28-15-13-23(4)26(17-28)19-30(40)48-32(42)36(6,7)11-2)22-47-35(45)39-29-16-14-24(5)27(18-29)20-31(41)49-33(43)37(8,9)12-3/h13-18,25H,10-12,19-22H2,1-9H3,(H,38,44)(H,39,45). The molecule has 0 fully saturated rings. The third-order valence-corrected chi connectivity index (χ3v) is 8.62. The quantitative estimate of drug-likeness (QED) is 0.111. The Kier molecular flexibility index (Phi) is 15.0. The minimum atomic E-state index is -0.775. The lowest BCUT2D eigenvalue weighted by atomic mass is 9.91. The van der Waals surface area contributed by atoms with Crippen molar-refractivity contribution in [3.05, 3.63) is 58.7 Å². The topological polar surface area (TPSA) is 163 Å². The van der Waals surface area contributed by atoms with Gasteiger partial charge in [-0.1, -0.05) is 32.9 Å². The van der Waals surface area contributed by atoms with Gasteiger partial charge in [-0.3, -0.25) is 29.8 Å². The Hall–Kier alpha value is -4.74. The van der Waals surface area contributed by atoms with Crippen LogP contribution < -0.4 is 10.6 Å². The van der Waals surface area contributed by atoms with Gasteiger partial charge in [0.15, 0.2) is 0 Å². The molecule has 0 saturated heterocycles. The fourth-order valence-electron chi connectivity index (χ4n) is 4.01. The molecular weight excluding hydrogens is 632 g/mol. The summed E-state index contributed by atoms with van der Waals surface area (Å²) in [6.45, 7) is 15.9. The SMILES string of the molecule is CCC(COC(=O)Nc1ccc(C)c(CC(=O)OC(=O)C(C)(C)CC)c1)COC(=O)Nc1ccc(C)c(CC(=O)OC(=O)C(C)(C)CC)c1. The Morgan fingerprint density at radius 3 is 1.33 bits per heavy atom. The number of hydrogen-bond donors (Lipinski definition) is 2. The molecule has 49 heavy (non-hydrogen) atoms. The van der Waals surface area contributed by atoms with Gasteiger partial charge >= 0.3 is 36.1 Å². The van der Waals surface area contributed by atoms with Gasteiger partial charge in [0, 0.05) is 17.3 Å². The molecule has 268 valence electrons. The van der Waals surface area contributed by atoms with E-state index in [-0.39, 0.29) is 32.0 Å². The van der Waals surface area contributed by atoms with Gasteiger partial charge in [-0.25, -0.2) is 9.59 Å². The largest absolute Gasteiger partial charge is 0.449 e. The second-order valence-electron chi connectivity index (χ2n) is 13.4. The molecule has 0 bridgehead atoms. The number of esters is 4. The minimum absolute atomic E-state index is 0.0274. The second kappa shape index (κ2) is 18.1. The van der Waals surface area contributed by atoms with Gasteiger partial charge in [-0.15, -0.1) is 0 Å². The van der Waals surface area contributed by atoms with Crippen LogP contribution in [0.3, 0.4) is 0 Å². The second-order valence-corrected chi connectivity index (χ2v) is 13.4. The van der Waals surface area contributed by atoms with Crippen LogP contribution in [0.15, 0.2) is 36.4 Å². The van der Waals surface area contributed by atoms with Crippen LogP contribution in [0.1, 0.15) is 90.0 Å². The number of ether oxygens (including phenoxy) is 4. The first-order chi connectivity index (χ1) is 22.9. The van der Waals surface area contributed by atoms with Crippen molar-refractivity contribution in [3.63, 3.8) is 0 Å². The highest BCUT2D eigenvalue weighted by Gasteiger charge is 2.30. The fraction of sp³-hybridized carbons (Fsp3) is 0.514. The zero-order chi connectivity index (χ0) is 36.9. The Labute approximate surface area is 288 Å². The van der Waals surface area contributed by atoms with Crippen molar-refractivity contribution >= 4 is 47.4 Å². The van der Waals surface area contributed by atoms with Crippen LogP contribution in [0.5, 0.6) is 0 Å². The van der Waals surface area contributed by atoms with E-state index >= 15 is 0 Å². The van der Waals surface area contributed by atoms with Gasteiger partial charge in [0.1, 0.15) is 0 Å². The van der Waals surface area contributed by atoms with Gasteiger partial charge in [-0.2, -0.15) is 0 Å². The Morgan fingerprint density at radius 1 is 0.633 bits per heavy atom. The first-order valence-electron chi connectivity index (χ1n) is 16.5. The molecule has 2 amide bonds. The van der Waals surface area contributed by atoms with Gasteiger partial charge < -0.3 is 18.9 Å². The van der Waals surface area contributed by atoms with Gasteiger partial charge in [0.05, 0.1) is 36.9 Å². The monoisotopic (exact) mass is 682 g/mol. The molecule has 0 spiro atoms. The summed E-state index contributed by atoms with van der Waals surface area (Å²) in [6.07, 6.45) is -0.151. The molecule has 12 nitrogen and oxygen atoms in total. The number of rotatable bonds is 15. The summed E-state index contributed by atoms with van der Waals surface area (Å²) in [6, 6.07) is 10.0. The lowest BCUT2D eigenvalue weighted by molar-refractivity contribution is -0.167. The molecule has 0 radical (unpaired) electrons. The van der Waals surface area contributed by atoms with E-state index < -0.39 is 46.9 Å². The molecule has 0 aromatic heterocycles. The van der Waals surface area contributed by atoms with E-state index in [9.17, 15) is 28.8 Å².